The summed E-state index contributed by atoms with van der Waals surface area (Å²) in [6, 6.07) is 10.5. The Hall–Kier alpha value is -1.94. The predicted octanol–water partition coefficient (Wildman–Crippen LogP) is 2.84. The zero-order valence-electron chi connectivity index (χ0n) is 10.3. The first-order valence-electron chi connectivity index (χ1n) is 5.93. The van der Waals surface area contributed by atoms with Crippen LogP contribution in [0.4, 0.5) is 15.8 Å². The van der Waals surface area contributed by atoms with Gasteiger partial charge in [0.1, 0.15) is 5.82 Å². The molecule has 0 aliphatic rings. The molecule has 0 atom stereocenters. The van der Waals surface area contributed by atoms with Crippen molar-refractivity contribution in [3.8, 4) is 0 Å². The molecule has 1 heterocycles. The molecule has 4 heteroatoms. The number of nitrogens with zero attached hydrogens (tertiary/aromatic N) is 2. The van der Waals surface area contributed by atoms with E-state index in [2.05, 4.69) is 4.98 Å². The minimum atomic E-state index is -0.234. The van der Waals surface area contributed by atoms with Crippen LogP contribution in [0.1, 0.15) is 12.6 Å². The second kappa shape index (κ2) is 5.60. The standard InChI is InChI=1S/C14H16FN3/c1-2-18(14-6-4-3-5-13(14)15)12-8-7-11(9-16)17-10-12/h3-8,10H,2,9,16H2,1H3. The van der Waals surface area contributed by atoms with E-state index < -0.39 is 0 Å². The monoisotopic (exact) mass is 245 g/mol. The fourth-order valence-corrected chi connectivity index (χ4v) is 1.86. The Labute approximate surface area is 106 Å². The number of benzene rings is 1. The summed E-state index contributed by atoms with van der Waals surface area (Å²) in [5.74, 6) is -0.234. The van der Waals surface area contributed by atoms with Gasteiger partial charge in [-0.15, -0.1) is 0 Å². The van der Waals surface area contributed by atoms with E-state index in [4.69, 9.17) is 5.73 Å². The maximum atomic E-state index is 13.8. The van der Waals surface area contributed by atoms with Crippen molar-refractivity contribution in [3.63, 3.8) is 0 Å². The molecule has 0 bridgehead atoms. The molecule has 0 saturated carbocycles. The van der Waals surface area contributed by atoms with Crippen LogP contribution in [0.2, 0.25) is 0 Å². The molecule has 94 valence electrons. The van der Waals surface area contributed by atoms with Gasteiger partial charge < -0.3 is 10.6 Å². The predicted molar refractivity (Wildman–Crippen MR) is 71.2 cm³/mol. The fraction of sp³-hybridized carbons (Fsp3) is 0.214. The zero-order valence-corrected chi connectivity index (χ0v) is 10.3. The molecule has 0 fully saturated rings. The Balaban J connectivity index is 2.36. The van der Waals surface area contributed by atoms with Crippen molar-refractivity contribution in [2.24, 2.45) is 5.73 Å². The number of hydrogen-bond acceptors (Lipinski definition) is 3. The van der Waals surface area contributed by atoms with Gasteiger partial charge in [-0.1, -0.05) is 12.1 Å². The average Bonchev–Trinajstić information content (AvgIpc) is 2.42. The quantitative estimate of drug-likeness (QED) is 0.900. The van der Waals surface area contributed by atoms with Crippen molar-refractivity contribution in [2.75, 3.05) is 11.4 Å². The van der Waals surface area contributed by atoms with E-state index in [0.29, 0.717) is 18.8 Å². The van der Waals surface area contributed by atoms with Crippen LogP contribution in [0.3, 0.4) is 0 Å². The Morgan fingerprint density at radius 3 is 2.56 bits per heavy atom. The third kappa shape index (κ3) is 2.49. The van der Waals surface area contributed by atoms with Gasteiger partial charge in [0, 0.05) is 13.1 Å². The number of rotatable bonds is 4. The lowest BCUT2D eigenvalue weighted by molar-refractivity contribution is 0.625. The molecule has 1 aromatic heterocycles. The second-order valence-corrected chi connectivity index (χ2v) is 3.91. The third-order valence-electron chi connectivity index (χ3n) is 2.79. The fourth-order valence-electron chi connectivity index (χ4n) is 1.86. The second-order valence-electron chi connectivity index (χ2n) is 3.91. The summed E-state index contributed by atoms with van der Waals surface area (Å²) in [5.41, 5.74) is 7.75. The Morgan fingerprint density at radius 2 is 2.00 bits per heavy atom. The van der Waals surface area contributed by atoms with Gasteiger partial charge in [-0.3, -0.25) is 4.98 Å². The summed E-state index contributed by atoms with van der Waals surface area (Å²) < 4.78 is 13.8. The molecule has 2 rings (SSSR count). The smallest absolute Gasteiger partial charge is 0.146 e. The Morgan fingerprint density at radius 1 is 1.22 bits per heavy atom. The van der Waals surface area contributed by atoms with Gasteiger partial charge in [0.15, 0.2) is 0 Å². The van der Waals surface area contributed by atoms with E-state index in [1.807, 2.05) is 30.0 Å². The van der Waals surface area contributed by atoms with Crippen LogP contribution in [-0.4, -0.2) is 11.5 Å². The van der Waals surface area contributed by atoms with E-state index in [0.717, 1.165) is 11.4 Å². The first-order valence-corrected chi connectivity index (χ1v) is 5.93. The van der Waals surface area contributed by atoms with E-state index in [-0.39, 0.29) is 5.82 Å². The molecule has 0 amide bonds. The Kier molecular flexibility index (Phi) is 3.89. The topological polar surface area (TPSA) is 42.1 Å². The molecule has 0 saturated heterocycles. The summed E-state index contributed by atoms with van der Waals surface area (Å²) in [6.45, 7) is 3.06. The molecule has 2 N–H and O–H groups in total. The molecule has 1 aromatic carbocycles. The number of nitrogens with two attached hydrogens (primary N) is 1. The highest BCUT2D eigenvalue weighted by Gasteiger charge is 2.11. The van der Waals surface area contributed by atoms with E-state index in [1.54, 1.807) is 18.3 Å². The van der Waals surface area contributed by atoms with Gasteiger partial charge in [-0.05, 0) is 31.2 Å². The Bertz CT molecular complexity index is 511. The van der Waals surface area contributed by atoms with Crippen molar-refractivity contribution >= 4 is 11.4 Å². The lowest BCUT2D eigenvalue weighted by atomic mass is 10.2. The molecule has 3 nitrogen and oxygen atoms in total. The van der Waals surface area contributed by atoms with Crippen LogP contribution in [0, 0.1) is 5.82 Å². The van der Waals surface area contributed by atoms with E-state index >= 15 is 0 Å². The summed E-state index contributed by atoms with van der Waals surface area (Å²) in [7, 11) is 0. The highest BCUT2D eigenvalue weighted by molar-refractivity contribution is 5.62. The molecule has 0 unspecified atom stereocenters. The number of aromatic nitrogens is 1. The number of halogens is 1. The van der Waals surface area contributed by atoms with Crippen LogP contribution in [0.25, 0.3) is 0 Å². The molecule has 0 radical (unpaired) electrons. The number of para-hydroxylation sites is 1. The van der Waals surface area contributed by atoms with E-state index in [1.165, 1.54) is 6.07 Å². The maximum Gasteiger partial charge on any atom is 0.146 e. The molecule has 0 spiro atoms. The summed E-state index contributed by atoms with van der Waals surface area (Å²) in [5, 5.41) is 0. The molecule has 18 heavy (non-hydrogen) atoms. The van der Waals surface area contributed by atoms with Crippen molar-refractivity contribution in [1.82, 2.24) is 4.98 Å². The normalized spacial score (nSPS) is 10.4. The van der Waals surface area contributed by atoms with Gasteiger partial charge in [0.05, 0.1) is 23.3 Å². The molecular weight excluding hydrogens is 229 g/mol. The lowest BCUT2D eigenvalue weighted by Crippen LogP contribution is -2.17. The van der Waals surface area contributed by atoms with Crippen LogP contribution in [0.15, 0.2) is 42.6 Å². The molecule has 0 aliphatic carbocycles. The lowest BCUT2D eigenvalue weighted by Gasteiger charge is -2.23. The van der Waals surface area contributed by atoms with Gasteiger partial charge in [0.2, 0.25) is 0 Å². The molecule has 2 aromatic rings. The average molecular weight is 245 g/mol. The summed E-state index contributed by atoms with van der Waals surface area (Å²) in [6.07, 6.45) is 1.72. The number of anilines is 2. The first-order chi connectivity index (χ1) is 8.76. The minimum Gasteiger partial charge on any atom is -0.338 e. The van der Waals surface area contributed by atoms with E-state index in [9.17, 15) is 4.39 Å². The highest BCUT2D eigenvalue weighted by atomic mass is 19.1. The van der Waals surface area contributed by atoms with Crippen LogP contribution >= 0.6 is 0 Å². The van der Waals surface area contributed by atoms with Gasteiger partial charge in [0.25, 0.3) is 0 Å². The third-order valence-corrected chi connectivity index (χ3v) is 2.79. The summed E-state index contributed by atoms with van der Waals surface area (Å²) in [4.78, 5) is 6.11. The number of hydrogen-bond donors (Lipinski definition) is 1. The zero-order chi connectivity index (χ0) is 13.0. The highest BCUT2D eigenvalue weighted by Crippen LogP contribution is 2.26. The number of pyridine rings is 1. The first kappa shape index (κ1) is 12.5. The van der Waals surface area contributed by atoms with Gasteiger partial charge >= 0.3 is 0 Å². The van der Waals surface area contributed by atoms with Crippen LogP contribution in [0.5, 0.6) is 0 Å². The van der Waals surface area contributed by atoms with Crippen LogP contribution in [-0.2, 0) is 6.54 Å². The molecule has 0 aliphatic heterocycles. The van der Waals surface area contributed by atoms with Crippen molar-refractivity contribution in [3.05, 3.63) is 54.1 Å². The van der Waals surface area contributed by atoms with Gasteiger partial charge in [-0.25, -0.2) is 4.39 Å². The van der Waals surface area contributed by atoms with Crippen LogP contribution < -0.4 is 10.6 Å². The minimum absolute atomic E-state index is 0.234. The summed E-state index contributed by atoms with van der Waals surface area (Å²) >= 11 is 0. The van der Waals surface area contributed by atoms with Crippen molar-refractivity contribution in [1.29, 1.82) is 0 Å². The van der Waals surface area contributed by atoms with Gasteiger partial charge in [-0.2, -0.15) is 0 Å². The van der Waals surface area contributed by atoms with Crippen molar-refractivity contribution < 1.29 is 4.39 Å². The maximum absolute atomic E-state index is 13.8. The molecular formula is C14H16FN3. The SMILES string of the molecule is CCN(c1ccc(CN)nc1)c1ccccc1F. The van der Waals surface area contributed by atoms with Crippen molar-refractivity contribution in [2.45, 2.75) is 13.5 Å². The largest absolute Gasteiger partial charge is 0.338 e.